The van der Waals surface area contributed by atoms with Gasteiger partial charge >= 0.3 is 0 Å². The van der Waals surface area contributed by atoms with E-state index >= 15 is 0 Å². The highest BCUT2D eigenvalue weighted by molar-refractivity contribution is 5.88. The van der Waals surface area contributed by atoms with Crippen molar-refractivity contribution < 1.29 is 10.2 Å². The van der Waals surface area contributed by atoms with Crippen molar-refractivity contribution in [1.82, 2.24) is 9.78 Å². The molecule has 0 radical (unpaired) electrons. The average molecular weight is 220 g/mol. The molecule has 2 N–H and O–H groups in total. The molecule has 5 nitrogen and oxygen atoms in total. The van der Waals surface area contributed by atoms with E-state index in [0.29, 0.717) is 22.9 Å². The van der Waals surface area contributed by atoms with E-state index in [-0.39, 0.29) is 17.1 Å². The predicted octanol–water partition coefficient (Wildman–Crippen LogP) is 1.14. The molecule has 0 spiro atoms. The van der Waals surface area contributed by atoms with Gasteiger partial charge in [0.2, 0.25) is 0 Å². The summed E-state index contributed by atoms with van der Waals surface area (Å²) < 4.78 is 1.30. The van der Waals surface area contributed by atoms with Crippen molar-refractivity contribution in [3.63, 3.8) is 0 Å². The molecule has 0 saturated heterocycles. The predicted molar refractivity (Wildman–Crippen MR) is 59.7 cm³/mol. The van der Waals surface area contributed by atoms with Crippen molar-refractivity contribution in [2.45, 2.75) is 20.4 Å². The lowest BCUT2D eigenvalue weighted by atomic mass is 10.1. The van der Waals surface area contributed by atoms with Gasteiger partial charge in [-0.15, -0.1) is 0 Å². The first-order valence-corrected chi connectivity index (χ1v) is 4.97. The largest absolute Gasteiger partial charge is 0.504 e. The van der Waals surface area contributed by atoms with Gasteiger partial charge in [-0.2, -0.15) is 5.10 Å². The summed E-state index contributed by atoms with van der Waals surface area (Å²) in [6, 6.07) is 1.27. The van der Waals surface area contributed by atoms with Crippen molar-refractivity contribution in [1.29, 1.82) is 0 Å². The summed E-state index contributed by atoms with van der Waals surface area (Å²) in [4.78, 5) is 11.9. The summed E-state index contributed by atoms with van der Waals surface area (Å²) in [5.41, 5.74) is 0.196. The first-order valence-electron chi connectivity index (χ1n) is 4.97. The minimum absolute atomic E-state index is 0.206. The fourth-order valence-electron chi connectivity index (χ4n) is 1.69. The molecule has 1 aromatic heterocycles. The maximum Gasteiger partial charge on any atom is 0.274 e. The number of rotatable bonds is 1. The van der Waals surface area contributed by atoms with E-state index in [4.69, 9.17) is 0 Å². The van der Waals surface area contributed by atoms with Crippen LogP contribution >= 0.6 is 0 Å². The van der Waals surface area contributed by atoms with Gasteiger partial charge in [0.05, 0.1) is 11.6 Å². The minimum atomic E-state index is -0.282. The van der Waals surface area contributed by atoms with Gasteiger partial charge in [0.25, 0.3) is 5.56 Å². The van der Waals surface area contributed by atoms with Gasteiger partial charge in [0.1, 0.15) is 0 Å². The van der Waals surface area contributed by atoms with E-state index in [1.165, 1.54) is 16.9 Å². The van der Waals surface area contributed by atoms with Gasteiger partial charge in [-0.25, -0.2) is 4.68 Å². The zero-order valence-electron chi connectivity index (χ0n) is 9.06. The quantitative estimate of drug-likeness (QED) is 0.706. The van der Waals surface area contributed by atoms with Crippen LogP contribution in [0.5, 0.6) is 11.5 Å². The molecule has 0 bridgehead atoms. The number of phenolic OH excluding ortho intramolecular Hbond substituents is 2. The Balaban J connectivity index is 2.97. The summed E-state index contributed by atoms with van der Waals surface area (Å²) in [6.45, 7) is 3.91. The highest BCUT2D eigenvalue weighted by atomic mass is 16.3. The fraction of sp³-hybridized carbons (Fsp3) is 0.273. The maximum atomic E-state index is 11.9. The van der Waals surface area contributed by atoms with Crippen LogP contribution in [0.4, 0.5) is 0 Å². The highest BCUT2D eigenvalue weighted by Gasteiger charge is 2.12. The van der Waals surface area contributed by atoms with Crippen molar-refractivity contribution in [2.75, 3.05) is 0 Å². The Kier molecular flexibility index (Phi) is 2.30. The second-order valence-electron chi connectivity index (χ2n) is 3.60. The molecule has 0 saturated carbocycles. The van der Waals surface area contributed by atoms with Gasteiger partial charge < -0.3 is 10.2 Å². The second-order valence-corrected chi connectivity index (χ2v) is 3.60. The Morgan fingerprint density at radius 2 is 2.06 bits per heavy atom. The Morgan fingerprint density at radius 1 is 1.38 bits per heavy atom. The van der Waals surface area contributed by atoms with Gasteiger partial charge in [-0.3, -0.25) is 4.79 Å². The van der Waals surface area contributed by atoms with Gasteiger partial charge in [-0.1, -0.05) is 0 Å². The lowest BCUT2D eigenvalue weighted by Crippen LogP contribution is -2.21. The number of aromatic nitrogens is 2. The number of nitrogens with zero attached hydrogens (tertiary/aromatic N) is 2. The van der Waals surface area contributed by atoms with Crippen LogP contribution in [0.3, 0.4) is 0 Å². The third-order valence-electron chi connectivity index (χ3n) is 2.66. The van der Waals surface area contributed by atoms with Gasteiger partial charge in [0.15, 0.2) is 11.5 Å². The van der Waals surface area contributed by atoms with Crippen molar-refractivity contribution >= 4 is 10.8 Å². The molecule has 84 valence electrons. The van der Waals surface area contributed by atoms with Gasteiger partial charge in [-0.05, 0) is 19.9 Å². The third-order valence-corrected chi connectivity index (χ3v) is 2.66. The summed E-state index contributed by atoms with van der Waals surface area (Å²) in [6.07, 6.45) is 1.52. The number of benzene rings is 1. The number of fused-ring (bicyclic) bond motifs is 1. The van der Waals surface area contributed by atoms with Gasteiger partial charge in [0, 0.05) is 17.5 Å². The van der Waals surface area contributed by atoms with E-state index in [9.17, 15) is 15.0 Å². The summed E-state index contributed by atoms with van der Waals surface area (Å²) in [5, 5.41) is 23.9. The smallest absolute Gasteiger partial charge is 0.274 e. The molecule has 0 aliphatic carbocycles. The monoisotopic (exact) mass is 220 g/mol. The van der Waals surface area contributed by atoms with E-state index in [0.717, 1.165) is 0 Å². The van der Waals surface area contributed by atoms with E-state index in [1.54, 1.807) is 6.92 Å². The highest BCUT2D eigenvalue weighted by Crippen LogP contribution is 2.33. The molecule has 0 fully saturated rings. The Morgan fingerprint density at radius 3 is 2.69 bits per heavy atom. The van der Waals surface area contributed by atoms with Crippen molar-refractivity contribution in [2.24, 2.45) is 0 Å². The molecular formula is C11H12N2O3. The lowest BCUT2D eigenvalue weighted by molar-refractivity contribution is 0.402. The topological polar surface area (TPSA) is 75.3 Å². The molecule has 0 unspecified atom stereocenters. The number of aromatic hydroxyl groups is 2. The number of phenols is 2. The van der Waals surface area contributed by atoms with Crippen LogP contribution in [0.25, 0.3) is 10.8 Å². The van der Waals surface area contributed by atoms with E-state index in [2.05, 4.69) is 5.10 Å². The normalized spacial score (nSPS) is 10.9. The third kappa shape index (κ3) is 1.32. The van der Waals surface area contributed by atoms with Crippen LogP contribution in [-0.2, 0) is 6.54 Å². The molecule has 5 heteroatoms. The summed E-state index contributed by atoms with van der Waals surface area (Å²) in [7, 11) is 0. The fourth-order valence-corrected chi connectivity index (χ4v) is 1.69. The zero-order chi connectivity index (χ0) is 11.9. The number of aryl methyl sites for hydroxylation is 2. The molecule has 0 aliphatic rings. The molecule has 0 amide bonds. The van der Waals surface area contributed by atoms with Crippen LogP contribution < -0.4 is 5.56 Å². The first kappa shape index (κ1) is 10.5. The zero-order valence-corrected chi connectivity index (χ0v) is 9.06. The Labute approximate surface area is 91.6 Å². The number of hydrogen-bond acceptors (Lipinski definition) is 4. The maximum absolute atomic E-state index is 11.9. The van der Waals surface area contributed by atoms with Crippen LogP contribution in [0.2, 0.25) is 0 Å². The molecule has 0 aliphatic heterocycles. The minimum Gasteiger partial charge on any atom is -0.504 e. The van der Waals surface area contributed by atoms with E-state index in [1.807, 2.05) is 6.92 Å². The number of hydrogen-bond donors (Lipinski definition) is 2. The van der Waals surface area contributed by atoms with Crippen LogP contribution in [0.15, 0.2) is 17.1 Å². The molecule has 16 heavy (non-hydrogen) atoms. The van der Waals surface area contributed by atoms with Crippen LogP contribution in [0.1, 0.15) is 12.5 Å². The molecule has 2 rings (SSSR count). The SMILES string of the molecule is CCn1ncc2c(C)c(O)c(O)cc2c1=O. The molecule has 1 heterocycles. The summed E-state index contributed by atoms with van der Waals surface area (Å²) in [5.74, 6) is -0.487. The average Bonchev–Trinajstić information content (AvgIpc) is 2.28. The van der Waals surface area contributed by atoms with Crippen molar-refractivity contribution in [3.05, 3.63) is 28.2 Å². The van der Waals surface area contributed by atoms with Crippen LogP contribution in [-0.4, -0.2) is 20.0 Å². The summed E-state index contributed by atoms with van der Waals surface area (Å²) >= 11 is 0. The Bertz CT molecular complexity index is 617. The standard InChI is InChI=1S/C11H12N2O3/c1-3-13-11(16)7-4-9(14)10(15)6(2)8(7)5-12-13/h4-5,14-15H,3H2,1-2H3. The molecule has 0 atom stereocenters. The molecular weight excluding hydrogens is 208 g/mol. The first-order chi connectivity index (χ1) is 7.56. The molecule has 2 aromatic rings. The van der Waals surface area contributed by atoms with Crippen LogP contribution in [0, 0.1) is 6.92 Å². The molecule has 1 aromatic carbocycles. The lowest BCUT2D eigenvalue weighted by Gasteiger charge is -2.08. The Hall–Kier alpha value is -2.04. The second kappa shape index (κ2) is 3.52. The van der Waals surface area contributed by atoms with Crippen molar-refractivity contribution in [3.8, 4) is 11.5 Å². The van der Waals surface area contributed by atoms with E-state index < -0.39 is 0 Å².